The summed E-state index contributed by atoms with van der Waals surface area (Å²) in [4.78, 5) is 10.6. The van der Waals surface area contributed by atoms with E-state index in [9.17, 15) is 4.79 Å². The number of carbonyl (C=O) groups is 1. The molecule has 1 nitrogen and oxygen atoms in total. The van der Waals surface area contributed by atoms with Crippen molar-refractivity contribution in [3.05, 3.63) is 40.4 Å². The fraction of sp³-hybridized carbons (Fsp3) is 0.250. The first kappa shape index (κ1) is 14.4. The van der Waals surface area contributed by atoms with Gasteiger partial charge in [0.05, 0.1) is 0 Å². The van der Waals surface area contributed by atoms with Gasteiger partial charge in [0.2, 0.25) is 5.24 Å². The highest BCUT2D eigenvalue weighted by Crippen LogP contribution is 2.18. The Kier molecular flexibility index (Phi) is 7.35. The van der Waals surface area contributed by atoms with Crippen molar-refractivity contribution in [3.8, 4) is 0 Å². The van der Waals surface area contributed by atoms with Crippen molar-refractivity contribution >= 4 is 38.3 Å². The van der Waals surface area contributed by atoms with Crippen LogP contribution in [0.1, 0.15) is 26.3 Å². The molecular weight excluding hydrogens is 275 g/mol. The molecule has 0 fully saturated rings. The molecule has 1 aromatic rings. The standard InChI is InChI=1S/C10H8BrClO.C2H6/c1-7(5-10(12)13)8-3-2-4-9(11)6-8;1-2/h2-6H,1H3;1-2H3/b7-5+;. The lowest BCUT2D eigenvalue weighted by molar-refractivity contribution is -0.107. The van der Waals surface area contributed by atoms with Gasteiger partial charge in [-0.1, -0.05) is 41.9 Å². The smallest absolute Gasteiger partial charge is 0.245 e. The second-order valence-corrected chi connectivity index (χ2v) is 3.93. The molecule has 1 aromatic carbocycles. The molecule has 0 amide bonds. The summed E-state index contributed by atoms with van der Waals surface area (Å²) in [6.07, 6.45) is 1.41. The molecule has 0 unspecified atom stereocenters. The van der Waals surface area contributed by atoms with E-state index in [0.717, 1.165) is 15.6 Å². The first-order valence-corrected chi connectivity index (χ1v) is 5.90. The molecule has 0 aliphatic rings. The number of allylic oxidation sites excluding steroid dienone is 2. The fourth-order valence-electron chi connectivity index (χ4n) is 0.987. The Hall–Kier alpha value is -0.600. The van der Waals surface area contributed by atoms with Crippen molar-refractivity contribution in [2.45, 2.75) is 20.8 Å². The number of rotatable bonds is 2. The van der Waals surface area contributed by atoms with Gasteiger partial charge in [-0.2, -0.15) is 0 Å². The van der Waals surface area contributed by atoms with E-state index in [4.69, 9.17) is 11.6 Å². The first-order chi connectivity index (χ1) is 7.09. The number of hydrogen-bond acceptors (Lipinski definition) is 1. The Labute approximate surface area is 104 Å². The summed E-state index contributed by atoms with van der Waals surface area (Å²) in [6.45, 7) is 5.85. The predicted molar refractivity (Wildman–Crippen MR) is 70.0 cm³/mol. The van der Waals surface area contributed by atoms with E-state index in [1.165, 1.54) is 6.08 Å². The normalized spacial score (nSPS) is 10.3. The van der Waals surface area contributed by atoms with Crippen LogP contribution >= 0.6 is 27.5 Å². The maximum absolute atomic E-state index is 10.6. The molecular formula is C12H14BrClO. The van der Waals surface area contributed by atoms with E-state index in [2.05, 4.69) is 15.9 Å². The van der Waals surface area contributed by atoms with E-state index in [-0.39, 0.29) is 0 Å². The minimum Gasteiger partial charge on any atom is -0.276 e. The van der Waals surface area contributed by atoms with Crippen LogP contribution in [0.2, 0.25) is 0 Å². The first-order valence-electron chi connectivity index (χ1n) is 4.73. The molecule has 1 rings (SSSR count). The molecule has 82 valence electrons. The molecule has 0 radical (unpaired) electrons. The second kappa shape index (κ2) is 7.66. The van der Waals surface area contributed by atoms with Gasteiger partial charge in [-0.15, -0.1) is 0 Å². The Morgan fingerprint density at radius 3 is 2.47 bits per heavy atom. The third kappa shape index (κ3) is 5.75. The second-order valence-electron chi connectivity index (χ2n) is 2.64. The van der Waals surface area contributed by atoms with Crippen LogP contribution in [0.5, 0.6) is 0 Å². The molecule has 0 aliphatic heterocycles. The predicted octanol–water partition coefficient (Wildman–Crippen LogP) is 4.64. The van der Waals surface area contributed by atoms with Gasteiger partial charge in [-0.25, -0.2) is 0 Å². The molecule has 0 heterocycles. The summed E-state index contributed by atoms with van der Waals surface area (Å²) in [7, 11) is 0. The maximum Gasteiger partial charge on any atom is 0.245 e. The molecule has 0 atom stereocenters. The zero-order valence-electron chi connectivity index (χ0n) is 9.05. The molecule has 0 saturated carbocycles. The van der Waals surface area contributed by atoms with Gasteiger partial charge in [-0.05, 0) is 41.8 Å². The van der Waals surface area contributed by atoms with Crippen LogP contribution in [-0.2, 0) is 4.79 Å². The number of benzene rings is 1. The van der Waals surface area contributed by atoms with Crippen molar-refractivity contribution in [1.82, 2.24) is 0 Å². The zero-order chi connectivity index (χ0) is 11.8. The third-order valence-corrected chi connectivity index (χ3v) is 2.21. The van der Waals surface area contributed by atoms with Crippen LogP contribution in [-0.4, -0.2) is 5.24 Å². The average molecular weight is 290 g/mol. The largest absolute Gasteiger partial charge is 0.276 e. The SMILES string of the molecule is C/C(=C\C(=O)Cl)c1cccc(Br)c1.CC. The van der Waals surface area contributed by atoms with Crippen LogP contribution < -0.4 is 0 Å². The Morgan fingerprint density at radius 1 is 1.40 bits per heavy atom. The number of hydrogen-bond donors (Lipinski definition) is 0. The van der Waals surface area contributed by atoms with Gasteiger partial charge in [0, 0.05) is 10.5 Å². The van der Waals surface area contributed by atoms with Crippen molar-refractivity contribution < 1.29 is 4.79 Å². The molecule has 0 N–H and O–H groups in total. The van der Waals surface area contributed by atoms with Crippen LogP contribution in [0.3, 0.4) is 0 Å². The summed E-state index contributed by atoms with van der Waals surface area (Å²) in [5.74, 6) is 0. The Morgan fingerprint density at radius 2 is 2.00 bits per heavy atom. The van der Waals surface area contributed by atoms with Crippen LogP contribution in [0.4, 0.5) is 0 Å². The van der Waals surface area contributed by atoms with Gasteiger partial charge in [-0.3, -0.25) is 4.79 Å². The number of carbonyl (C=O) groups excluding carboxylic acids is 1. The van der Waals surface area contributed by atoms with Gasteiger partial charge < -0.3 is 0 Å². The topological polar surface area (TPSA) is 17.1 Å². The fourth-order valence-corrected chi connectivity index (χ4v) is 1.55. The minimum absolute atomic E-state index is 0.447. The monoisotopic (exact) mass is 288 g/mol. The summed E-state index contributed by atoms with van der Waals surface area (Å²) < 4.78 is 0.986. The van der Waals surface area contributed by atoms with Crippen molar-refractivity contribution in [2.75, 3.05) is 0 Å². The summed E-state index contributed by atoms with van der Waals surface area (Å²) in [6, 6.07) is 7.71. The zero-order valence-corrected chi connectivity index (χ0v) is 11.4. The lowest BCUT2D eigenvalue weighted by Crippen LogP contribution is -1.83. The molecule has 0 bridgehead atoms. The summed E-state index contributed by atoms with van der Waals surface area (Å²) >= 11 is 8.59. The van der Waals surface area contributed by atoms with E-state index in [1.807, 2.05) is 45.0 Å². The maximum atomic E-state index is 10.6. The Balaban J connectivity index is 0.000000921. The van der Waals surface area contributed by atoms with E-state index < -0.39 is 5.24 Å². The molecule has 15 heavy (non-hydrogen) atoms. The molecule has 0 spiro atoms. The van der Waals surface area contributed by atoms with Gasteiger partial charge in [0.1, 0.15) is 0 Å². The average Bonchev–Trinajstić information content (AvgIpc) is 2.20. The highest BCUT2D eigenvalue weighted by atomic mass is 79.9. The van der Waals surface area contributed by atoms with Crippen molar-refractivity contribution in [1.29, 1.82) is 0 Å². The minimum atomic E-state index is -0.447. The molecule has 3 heteroatoms. The van der Waals surface area contributed by atoms with Crippen molar-refractivity contribution in [2.24, 2.45) is 0 Å². The number of halogens is 2. The van der Waals surface area contributed by atoms with E-state index >= 15 is 0 Å². The van der Waals surface area contributed by atoms with Crippen LogP contribution in [0.25, 0.3) is 5.57 Å². The van der Waals surface area contributed by atoms with E-state index in [0.29, 0.717) is 0 Å². The van der Waals surface area contributed by atoms with Gasteiger partial charge >= 0.3 is 0 Å². The lowest BCUT2D eigenvalue weighted by atomic mass is 10.1. The third-order valence-electron chi connectivity index (χ3n) is 1.61. The highest BCUT2D eigenvalue weighted by Gasteiger charge is 1.98. The van der Waals surface area contributed by atoms with Gasteiger partial charge in [0.25, 0.3) is 0 Å². The molecule has 0 saturated heterocycles. The summed E-state index contributed by atoms with van der Waals surface area (Å²) in [5.41, 5.74) is 1.85. The summed E-state index contributed by atoms with van der Waals surface area (Å²) in [5, 5.41) is -0.447. The van der Waals surface area contributed by atoms with E-state index in [1.54, 1.807) is 0 Å². The highest BCUT2D eigenvalue weighted by molar-refractivity contribution is 9.10. The van der Waals surface area contributed by atoms with Gasteiger partial charge in [0.15, 0.2) is 0 Å². The quantitative estimate of drug-likeness (QED) is 0.572. The van der Waals surface area contributed by atoms with Crippen LogP contribution in [0, 0.1) is 0 Å². The van der Waals surface area contributed by atoms with Crippen LogP contribution in [0.15, 0.2) is 34.8 Å². The Bertz CT molecular complexity index is 358. The molecule has 0 aromatic heterocycles. The lowest BCUT2D eigenvalue weighted by Gasteiger charge is -2.00. The van der Waals surface area contributed by atoms with Crippen molar-refractivity contribution in [3.63, 3.8) is 0 Å². The molecule has 0 aliphatic carbocycles.